The molecule has 1 aromatic heterocycles. The molecular weight excluding hydrogens is 338 g/mol. The maximum atomic E-state index is 13.0. The molecule has 0 unspecified atom stereocenters. The third kappa shape index (κ3) is 3.02. The highest BCUT2D eigenvalue weighted by molar-refractivity contribution is 7.16. The van der Waals surface area contributed by atoms with E-state index in [0.29, 0.717) is 31.8 Å². The number of nitrogens with zero attached hydrogens (tertiary/aromatic N) is 3. The van der Waals surface area contributed by atoms with Gasteiger partial charge in [-0.2, -0.15) is 0 Å². The molecule has 0 N–H and O–H groups in total. The van der Waals surface area contributed by atoms with E-state index in [0.717, 1.165) is 23.1 Å². The fourth-order valence-electron chi connectivity index (χ4n) is 3.86. The number of fused-ring (bicyclic) bond motifs is 5. The molecule has 3 aliphatic rings. The van der Waals surface area contributed by atoms with Crippen LogP contribution in [0.25, 0.3) is 10.2 Å². The van der Waals surface area contributed by atoms with Crippen LogP contribution in [0.3, 0.4) is 0 Å². The quantitative estimate of drug-likeness (QED) is 0.838. The molecule has 2 bridgehead atoms. The van der Waals surface area contributed by atoms with Crippen molar-refractivity contribution in [3.05, 3.63) is 29.3 Å². The van der Waals surface area contributed by atoms with Gasteiger partial charge >= 0.3 is 0 Å². The highest BCUT2D eigenvalue weighted by atomic mass is 32.1. The lowest BCUT2D eigenvalue weighted by molar-refractivity contribution is -0.140. The number of rotatable bonds is 4. The molecule has 132 valence electrons. The average molecular weight is 359 g/mol. The summed E-state index contributed by atoms with van der Waals surface area (Å²) in [6, 6.07) is 5.73. The highest BCUT2D eigenvalue weighted by Crippen LogP contribution is 2.30. The van der Waals surface area contributed by atoms with Gasteiger partial charge in [-0.1, -0.05) is 0 Å². The normalized spacial score (nSPS) is 23.3. The molecular formula is C18H21N3O3S. The summed E-state index contributed by atoms with van der Waals surface area (Å²) in [4.78, 5) is 33.7. The first-order chi connectivity index (χ1) is 12.2. The monoisotopic (exact) mass is 359 g/mol. The van der Waals surface area contributed by atoms with Gasteiger partial charge in [-0.05, 0) is 31.0 Å². The second-order valence-corrected chi connectivity index (χ2v) is 7.58. The van der Waals surface area contributed by atoms with Crippen molar-refractivity contribution in [2.24, 2.45) is 5.92 Å². The third-order valence-corrected chi connectivity index (χ3v) is 5.99. The second-order valence-electron chi connectivity index (χ2n) is 6.70. The molecule has 0 aliphatic carbocycles. The number of carbonyl (C=O) groups excluding carboxylic acids is 2. The van der Waals surface area contributed by atoms with E-state index < -0.39 is 0 Å². The summed E-state index contributed by atoms with van der Waals surface area (Å²) in [6.07, 6.45) is 1.82. The van der Waals surface area contributed by atoms with Gasteiger partial charge < -0.3 is 14.5 Å². The number of amides is 2. The van der Waals surface area contributed by atoms with Crippen molar-refractivity contribution in [1.29, 1.82) is 0 Å². The second kappa shape index (κ2) is 6.72. The van der Waals surface area contributed by atoms with Crippen molar-refractivity contribution in [3.8, 4) is 0 Å². The Labute approximate surface area is 150 Å². The Hall–Kier alpha value is -1.99. The number of thiazole rings is 1. The van der Waals surface area contributed by atoms with Crippen LogP contribution in [0.4, 0.5) is 0 Å². The van der Waals surface area contributed by atoms with Gasteiger partial charge in [-0.15, -0.1) is 11.3 Å². The summed E-state index contributed by atoms with van der Waals surface area (Å²) in [5.41, 5.74) is 3.38. The van der Waals surface area contributed by atoms with Crippen molar-refractivity contribution in [2.45, 2.75) is 18.9 Å². The lowest BCUT2D eigenvalue weighted by atomic mass is 9.94. The van der Waals surface area contributed by atoms with Crippen molar-refractivity contribution in [1.82, 2.24) is 14.8 Å². The molecule has 0 radical (unpaired) electrons. The van der Waals surface area contributed by atoms with Gasteiger partial charge in [-0.25, -0.2) is 4.98 Å². The van der Waals surface area contributed by atoms with Crippen LogP contribution in [0.2, 0.25) is 0 Å². The summed E-state index contributed by atoms with van der Waals surface area (Å²) in [5, 5.41) is 0. The molecule has 1 aromatic carbocycles. The van der Waals surface area contributed by atoms with Crippen LogP contribution < -0.4 is 0 Å². The number of benzene rings is 1. The van der Waals surface area contributed by atoms with E-state index in [1.54, 1.807) is 12.6 Å². The summed E-state index contributed by atoms with van der Waals surface area (Å²) in [6.45, 7) is 2.25. The molecule has 4 heterocycles. The number of ether oxygens (including phenoxy) is 1. The molecule has 2 amide bonds. The smallest absolute Gasteiger partial charge is 0.253 e. The average Bonchev–Trinajstić information content (AvgIpc) is 2.93. The number of methoxy groups -OCH3 is 1. The van der Waals surface area contributed by atoms with Gasteiger partial charge in [0.15, 0.2) is 0 Å². The number of hydrogen-bond donors (Lipinski definition) is 0. The molecule has 25 heavy (non-hydrogen) atoms. The van der Waals surface area contributed by atoms with E-state index in [-0.39, 0.29) is 23.8 Å². The minimum absolute atomic E-state index is 0.00796. The van der Waals surface area contributed by atoms with Gasteiger partial charge in [0.1, 0.15) is 0 Å². The standard InChI is InChI=1S/C18H21N3O3S/c1-24-7-6-21-14-4-2-13(18(21)23)9-20(10-14)17(22)12-3-5-15-16(8-12)25-11-19-15/h3,5,8,11,13-14H,2,4,6-7,9-10H2,1H3/t13-,14+/m0/s1. The third-order valence-electron chi connectivity index (χ3n) is 5.20. The number of piperidine rings is 1. The summed E-state index contributed by atoms with van der Waals surface area (Å²) >= 11 is 1.53. The Morgan fingerprint density at radius 1 is 1.36 bits per heavy atom. The van der Waals surface area contributed by atoms with Crippen LogP contribution in [0.5, 0.6) is 0 Å². The number of carbonyl (C=O) groups is 2. The van der Waals surface area contributed by atoms with E-state index in [9.17, 15) is 9.59 Å². The Kier molecular flexibility index (Phi) is 4.43. The first-order valence-corrected chi connectivity index (χ1v) is 9.47. The first kappa shape index (κ1) is 16.5. The molecule has 7 heteroatoms. The minimum Gasteiger partial charge on any atom is -0.383 e. The molecule has 3 saturated heterocycles. The maximum Gasteiger partial charge on any atom is 0.253 e. The lowest BCUT2D eigenvalue weighted by Crippen LogP contribution is -2.49. The largest absolute Gasteiger partial charge is 0.383 e. The molecule has 0 saturated carbocycles. The predicted octanol–water partition coefficient (Wildman–Crippen LogP) is 2.01. The van der Waals surface area contributed by atoms with Crippen molar-refractivity contribution >= 4 is 33.4 Å². The van der Waals surface area contributed by atoms with Crippen molar-refractivity contribution in [2.75, 3.05) is 33.4 Å². The predicted molar refractivity (Wildman–Crippen MR) is 95.6 cm³/mol. The van der Waals surface area contributed by atoms with Crippen molar-refractivity contribution < 1.29 is 14.3 Å². The molecule has 6 nitrogen and oxygen atoms in total. The SMILES string of the molecule is COCCN1C(=O)[C@H]2CC[C@@H]1CN(C(=O)c1ccc3ncsc3c1)C2. The Bertz CT molecular complexity index is 806. The van der Waals surface area contributed by atoms with E-state index >= 15 is 0 Å². The van der Waals surface area contributed by atoms with Gasteiger partial charge in [0.25, 0.3) is 5.91 Å². The van der Waals surface area contributed by atoms with Gasteiger partial charge in [-0.3, -0.25) is 9.59 Å². The minimum atomic E-state index is -0.0910. The molecule has 3 fully saturated rings. The molecule has 0 spiro atoms. The van der Waals surface area contributed by atoms with Gasteiger partial charge in [0.2, 0.25) is 5.91 Å². The van der Waals surface area contributed by atoms with Crippen LogP contribution in [0.15, 0.2) is 23.7 Å². The summed E-state index contributed by atoms with van der Waals surface area (Å²) in [7, 11) is 1.64. The lowest BCUT2D eigenvalue weighted by Gasteiger charge is -2.35. The van der Waals surface area contributed by atoms with Crippen LogP contribution in [0.1, 0.15) is 23.2 Å². The Morgan fingerprint density at radius 2 is 2.24 bits per heavy atom. The molecule has 2 aromatic rings. The zero-order chi connectivity index (χ0) is 17.4. The number of hydrogen-bond acceptors (Lipinski definition) is 5. The topological polar surface area (TPSA) is 62.7 Å². The Morgan fingerprint density at radius 3 is 3.08 bits per heavy atom. The fraction of sp³-hybridized carbons (Fsp3) is 0.500. The van der Waals surface area contributed by atoms with E-state index in [1.165, 1.54) is 11.3 Å². The highest BCUT2D eigenvalue weighted by Gasteiger charge is 2.41. The zero-order valence-corrected chi connectivity index (χ0v) is 15.0. The van der Waals surface area contributed by atoms with Crippen LogP contribution >= 0.6 is 11.3 Å². The first-order valence-electron chi connectivity index (χ1n) is 8.59. The summed E-state index contributed by atoms with van der Waals surface area (Å²) in [5.74, 6) is 0.0850. The Balaban J connectivity index is 1.56. The van der Waals surface area contributed by atoms with Gasteiger partial charge in [0, 0.05) is 38.3 Å². The summed E-state index contributed by atoms with van der Waals surface area (Å²) < 4.78 is 6.15. The maximum absolute atomic E-state index is 13.0. The molecule has 3 aliphatic heterocycles. The fourth-order valence-corrected chi connectivity index (χ4v) is 4.58. The van der Waals surface area contributed by atoms with Crippen LogP contribution in [-0.4, -0.2) is 66.0 Å². The number of aromatic nitrogens is 1. The molecule has 2 atom stereocenters. The van der Waals surface area contributed by atoms with E-state index in [2.05, 4.69) is 4.98 Å². The van der Waals surface area contributed by atoms with Gasteiger partial charge in [0.05, 0.1) is 28.3 Å². The van der Waals surface area contributed by atoms with Crippen LogP contribution in [-0.2, 0) is 9.53 Å². The van der Waals surface area contributed by atoms with E-state index in [1.807, 2.05) is 28.0 Å². The zero-order valence-electron chi connectivity index (χ0n) is 14.2. The van der Waals surface area contributed by atoms with Crippen molar-refractivity contribution in [3.63, 3.8) is 0 Å². The van der Waals surface area contributed by atoms with E-state index in [4.69, 9.17) is 4.74 Å². The van der Waals surface area contributed by atoms with Crippen LogP contribution in [0, 0.1) is 5.92 Å². The molecule has 5 rings (SSSR count).